The molecule has 0 saturated carbocycles. The molecule has 113 heavy (non-hydrogen) atoms. The summed E-state index contributed by atoms with van der Waals surface area (Å²) in [7, 11) is 1.65. The van der Waals surface area contributed by atoms with E-state index in [0.29, 0.717) is 85.0 Å². The van der Waals surface area contributed by atoms with Crippen LogP contribution in [0.3, 0.4) is 0 Å². The van der Waals surface area contributed by atoms with Crippen LogP contribution in [0, 0.1) is 28.0 Å². The highest BCUT2D eigenvalue weighted by molar-refractivity contribution is 14.1. The monoisotopic (exact) mass is 2000 g/mol. The zero-order valence-electron chi connectivity index (χ0n) is 62.7. The first-order chi connectivity index (χ1) is 53.8. The number of unbranched alkanes of at least 4 members (excludes halogenated alkanes) is 1. The van der Waals surface area contributed by atoms with Gasteiger partial charge < -0.3 is 73.8 Å². The molecular weight excluding hydrogens is 1900 g/mol. The second-order valence-corrected chi connectivity index (χ2v) is 32.5. The summed E-state index contributed by atoms with van der Waals surface area (Å²) < 4.78 is 50.4. The summed E-state index contributed by atoms with van der Waals surface area (Å²) in [4.78, 5) is 127. The Morgan fingerprint density at radius 2 is 1.13 bits per heavy atom. The van der Waals surface area contributed by atoms with E-state index in [1.54, 1.807) is 54.3 Å². The largest absolute Gasteiger partial charge is 0.493 e. The molecule has 14 rings (SSSR count). The van der Waals surface area contributed by atoms with Crippen LogP contribution in [0.5, 0.6) is 11.5 Å². The average Bonchev–Trinajstić information content (AvgIpc) is 1.61. The Hall–Kier alpha value is -7.28. The molecule has 8 aromatic rings. The average molecular weight is 2000 g/mol. The number of aromatic nitrogens is 9. The van der Waals surface area contributed by atoms with Crippen LogP contribution in [0.25, 0.3) is 5.57 Å². The number of allylic oxidation sites excluding steroid dienone is 2. The van der Waals surface area contributed by atoms with Gasteiger partial charge in [-0.15, -0.1) is 11.3 Å². The molecule has 7 aromatic heterocycles. The number of hydrogen-bond donors (Lipinski definition) is 11. The third kappa shape index (κ3) is 24.9. The maximum atomic E-state index is 12.5. The molecule has 5 fully saturated rings. The van der Waals surface area contributed by atoms with E-state index in [4.69, 9.17) is 48.1 Å². The van der Waals surface area contributed by atoms with Crippen LogP contribution >= 0.6 is 95.0 Å². The van der Waals surface area contributed by atoms with E-state index in [0.717, 1.165) is 55.1 Å². The van der Waals surface area contributed by atoms with Gasteiger partial charge in [-0.05, 0) is 189 Å². The summed E-state index contributed by atoms with van der Waals surface area (Å²) in [6, 6.07) is 13.3. The molecule has 6 aliphatic rings. The van der Waals surface area contributed by atoms with Gasteiger partial charge in [-0.25, -0.2) is 24.2 Å². The number of rotatable bonds is 18. The molecule has 15 atom stereocenters. The molecule has 1 amide bonds. The maximum Gasteiger partial charge on any atom is 0.330 e. The van der Waals surface area contributed by atoms with E-state index in [1.807, 2.05) is 115 Å². The highest BCUT2D eigenvalue weighted by Crippen LogP contribution is 2.46. The quantitative estimate of drug-likeness (QED) is 0.0234. The lowest BCUT2D eigenvalue weighted by Crippen LogP contribution is -2.33. The number of nitrogen functional groups attached to an aromatic ring is 1. The first-order valence-corrected chi connectivity index (χ1v) is 41.3. The van der Waals surface area contributed by atoms with Gasteiger partial charge >= 0.3 is 22.8 Å². The molecule has 1 aliphatic carbocycles. The first kappa shape index (κ1) is 91.2. The van der Waals surface area contributed by atoms with Gasteiger partial charge in [0.25, 0.3) is 22.2 Å². The predicted molar refractivity (Wildman–Crippen MR) is 444 cm³/mol. The number of methoxy groups -OCH3 is 1. The SMILES string of the molecule is CCCCOc1cc(CC2CNC(=O)C2)ccc1OC.CC[C@H]1O[C@@H](n2cc(Br)c(=O)[nH]c2=O)C[C@@H]1O.CC[C@H]1O[C@@H](n2cc(I)c(=O)[nH]c2=O)C[C@@H]1O.CC[C@H]1O[C@@H](n2cc(I)c(=O)[nH]c2=O)C[C@@H]1O.C[C@@H]1C[C@](C)(C(=O)c2ccco2)C=C1c1ccco1.Nc1nccs1.O=c1[nH]c(=O)n([C@H]2C[C@H](O)[C@@H](CO)O2)cc1I. The molecule has 12 heterocycles. The number of aromatic amines is 4. The summed E-state index contributed by atoms with van der Waals surface area (Å²) in [5.41, 5.74) is 3.08. The lowest BCUT2D eigenvalue weighted by molar-refractivity contribution is -0.119. The molecule has 1 unspecified atom stereocenters. The number of Topliss-reactive ketones (excluding diaryl/α,β-unsaturated/α-hetero) is 1. The van der Waals surface area contributed by atoms with Crippen molar-refractivity contribution in [1.29, 1.82) is 0 Å². The van der Waals surface area contributed by atoms with Crippen molar-refractivity contribution >= 4 is 117 Å². The normalized spacial score (nSPS) is 25.2. The van der Waals surface area contributed by atoms with E-state index in [-0.39, 0.29) is 47.5 Å². The van der Waals surface area contributed by atoms with Crippen molar-refractivity contribution in [2.45, 2.75) is 192 Å². The number of nitrogens with two attached hydrogens (primary N) is 1. The fourth-order valence-electron chi connectivity index (χ4n) is 13.1. The number of halogens is 4. The second-order valence-electron chi connectivity index (χ2n) is 27.3. The van der Waals surface area contributed by atoms with Gasteiger partial charge in [-0.3, -0.25) is 67.0 Å². The highest BCUT2D eigenvalue weighted by Gasteiger charge is 2.43. The van der Waals surface area contributed by atoms with Crippen molar-refractivity contribution in [3.05, 3.63) is 213 Å². The Morgan fingerprint density at radius 3 is 1.51 bits per heavy atom. The van der Waals surface area contributed by atoms with Crippen LogP contribution < -0.4 is 65.5 Å². The lowest BCUT2D eigenvalue weighted by atomic mass is 9.82. The maximum absolute atomic E-state index is 12.5. The Labute approximate surface area is 699 Å². The number of ketones is 1. The Bertz CT molecular complexity index is 4590. The van der Waals surface area contributed by atoms with Crippen molar-refractivity contribution < 1.29 is 72.4 Å². The molecular formula is C74H93BrI3N11O23S. The number of thiazole rings is 1. The number of benzene rings is 1. The Balaban J connectivity index is 0.000000167. The van der Waals surface area contributed by atoms with E-state index >= 15 is 0 Å². The molecule has 0 radical (unpaired) electrons. The second kappa shape index (κ2) is 43.1. The molecule has 616 valence electrons. The van der Waals surface area contributed by atoms with Crippen LogP contribution in [-0.4, -0.2) is 156 Å². The van der Waals surface area contributed by atoms with E-state index < -0.39 is 106 Å². The van der Waals surface area contributed by atoms with Crippen molar-refractivity contribution in [3.63, 3.8) is 0 Å². The number of hydrogen-bond acceptors (Lipinski definition) is 26. The smallest absolute Gasteiger partial charge is 0.330 e. The van der Waals surface area contributed by atoms with Gasteiger partial charge in [-0.1, -0.05) is 53.2 Å². The van der Waals surface area contributed by atoms with Gasteiger partial charge in [0, 0.05) is 75.0 Å². The number of aliphatic hydroxyl groups is 5. The minimum absolute atomic E-state index is 0.0332. The summed E-state index contributed by atoms with van der Waals surface area (Å²) in [5, 5.41) is 53.0. The van der Waals surface area contributed by atoms with E-state index in [2.05, 4.69) is 60.0 Å². The van der Waals surface area contributed by atoms with E-state index in [1.165, 1.54) is 66.2 Å². The van der Waals surface area contributed by atoms with Gasteiger partial charge in [-0.2, -0.15) is 0 Å². The van der Waals surface area contributed by atoms with Crippen LogP contribution in [0.1, 0.15) is 159 Å². The molecule has 39 heteroatoms. The summed E-state index contributed by atoms with van der Waals surface area (Å²) in [6.07, 6.45) is 14.1. The number of nitrogens with zero attached hydrogens (tertiary/aromatic N) is 5. The predicted octanol–water partition coefficient (Wildman–Crippen LogP) is 7.00. The molecule has 0 bridgehead atoms. The third-order valence-electron chi connectivity index (χ3n) is 19.0. The fourth-order valence-corrected chi connectivity index (χ4v) is 15.1. The number of ether oxygens (including phenoxy) is 6. The number of amides is 1. The fraction of sp³-hybridized carbons (Fsp3) is 0.500. The van der Waals surface area contributed by atoms with Crippen LogP contribution in [0.15, 0.2) is 149 Å². The highest BCUT2D eigenvalue weighted by atomic mass is 127. The van der Waals surface area contributed by atoms with E-state index in [9.17, 15) is 68.4 Å². The number of carbonyl (C=O) groups is 2. The third-order valence-corrected chi connectivity index (χ3v) is 22.4. The standard InChI is InChI=1S/C16H23NO3.C16H16O3.C10H13BrN2O4.2C10H13IN2O4.C9H11IN2O5.C3H4N2S/c1-3-4-7-20-15-9-12(5-6-14(15)19-2)8-13-10-16(18)17-11-13;1-11-9-16(2,15(17)14-6-4-8-19-14)10-12(11)13-5-3-7-18-13;3*1-2-7-6(14)3-8(17-7)13-4-5(11)9(15)12-10(13)16;10-4-2-12(9(16)11-8(4)15)7-1-5(14)6(3-13)17-7;4-3-5-1-2-6-3/h5-6,9,13H,3-4,7-8,10-11H2,1-2H3,(H,17,18);3-8,10-11H,9H2,1-2H3;3*4,6-8,14H,2-3H2,1H3,(H,12,15,16);2,5-7,13-14H,1,3H2,(H,11,15,16);1-2H,(H2,4,5)/t;11-,16+;3*6-,7+,8+;5-,6+,7+;/m.10000./s1. The van der Waals surface area contributed by atoms with Crippen molar-refractivity contribution in [2.24, 2.45) is 17.3 Å². The Morgan fingerprint density at radius 1 is 0.664 bits per heavy atom. The van der Waals surface area contributed by atoms with Gasteiger partial charge in [0.15, 0.2) is 22.4 Å². The number of nitrogens with one attached hydrogen (secondary N) is 5. The van der Waals surface area contributed by atoms with Crippen molar-refractivity contribution in [3.8, 4) is 11.5 Å². The molecule has 5 aliphatic heterocycles. The lowest BCUT2D eigenvalue weighted by Gasteiger charge is -2.19. The number of carbonyl (C=O) groups excluding carboxylic acids is 2. The van der Waals surface area contributed by atoms with Gasteiger partial charge in [0.2, 0.25) is 11.7 Å². The minimum Gasteiger partial charge on any atom is -0.493 e. The summed E-state index contributed by atoms with van der Waals surface area (Å²) in [6.45, 7) is 13.1. The zero-order chi connectivity index (χ0) is 82.5. The molecule has 34 nitrogen and oxygen atoms in total. The topological polar surface area (TPSA) is 487 Å². The summed E-state index contributed by atoms with van der Waals surface area (Å²) in [5.74, 6) is 3.72. The summed E-state index contributed by atoms with van der Waals surface area (Å²) >= 11 is 10.0. The van der Waals surface area contributed by atoms with Crippen molar-refractivity contribution in [2.75, 3.05) is 32.6 Å². The Kier molecular flexibility index (Phi) is 34.8. The van der Waals surface area contributed by atoms with Gasteiger partial charge in [0.1, 0.15) is 36.8 Å². The number of furan rings is 2. The molecule has 12 N–H and O–H groups in total. The zero-order valence-corrected chi connectivity index (χ0v) is 71.6. The minimum atomic E-state index is -0.818. The molecule has 1 aromatic carbocycles. The van der Waals surface area contributed by atoms with Crippen LogP contribution in [-0.2, 0) is 30.2 Å². The number of H-pyrrole nitrogens is 4. The van der Waals surface area contributed by atoms with Gasteiger partial charge in [0.05, 0.1) is 96.2 Å². The number of anilines is 1. The van der Waals surface area contributed by atoms with Crippen molar-refractivity contribution in [1.82, 2.24) is 48.5 Å². The van der Waals surface area contributed by atoms with Crippen LogP contribution in [0.4, 0.5) is 5.13 Å². The molecule has 0 spiro atoms. The van der Waals surface area contributed by atoms with Crippen LogP contribution in [0.2, 0.25) is 0 Å². The first-order valence-electron chi connectivity index (χ1n) is 36.4. The number of aliphatic hydroxyl groups excluding tert-OH is 5. The molecule has 5 saturated heterocycles.